The van der Waals surface area contributed by atoms with E-state index in [9.17, 15) is 0 Å². The largest absolute Gasteiger partial charge is 0.348 e. The lowest BCUT2D eigenvalue weighted by molar-refractivity contribution is 0.626. The van der Waals surface area contributed by atoms with Crippen LogP contribution in [0.25, 0.3) is 0 Å². The summed E-state index contributed by atoms with van der Waals surface area (Å²) in [5.74, 6) is 0.369. The number of hydrogen-bond acceptors (Lipinski definition) is 5. The van der Waals surface area contributed by atoms with Gasteiger partial charge < -0.3 is 5.32 Å². The van der Waals surface area contributed by atoms with E-state index in [0.29, 0.717) is 22.8 Å². The molecule has 1 N–H and O–H groups in total. The molecule has 6 nitrogen and oxygen atoms in total. The van der Waals surface area contributed by atoms with Crippen LogP contribution >= 0.6 is 23.2 Å². The molecule has 0 fully saturated rings. The quantitative estimate of drug-likeness (QED) is 0.863. The van der Waals surface area contributed by atoms with E-state index < -0.39 is 0 Å². The summed E-state index contributed by atoms with van der Waals surface area (Å²) in [6.07, 6.45) is 1.85. The van der Waals surface area contributed by atoms with Crippen LogP contribution in [0.3, 0.4) is 0 Å². The molecule has 0 unspecified atom stereocenters. The topological polar surface area (TPSA) is 68.5 Å². The summed E-state index contributed by atoms with van der Waals surface area (Å²) in [6.45, 7) is 3.24. The second-order valence-electron chi connectivity index (χ2n) is 3.26. The first kappa shape index (κ1) is 12.1. The van der Waals surface area contributed by atoms with Crippen molar-refractivity contribution in [2.24, 2.45) is 0 Å². The van der Waals surface area contributed by atoms with Crippen LogP contribution in [-0.2, 0) is 13.1 Å². The van der Waals surface area contributed by atoms with E-state index in [4.69, 9.17) is 23.2 Å². The third-order valence-corrected chi connectivity index (χ3v) is 2.39. The molecule has 90 valence electrons. The van der Waals surface area contributed by atoms with Crippen molar-refractivity contribution in [2.45, 2.75) is 20.0 Å². The monoisotopic (exact) mass is 272 g/mol. The first-order valence-electron chi connectivity index (χ1n) is 5.00. The van der Waals surface area contributed by atoms with Crippen molar-refractivity contribution in [3.05, 3.63) is 28.3 Å². The maximum Gasteiger partial charge on any atom is 0.225 e. The Kier molecular flexibility index (Phi) is 3.75. The summed E-state index contributed by atoms with van der Waals surface area (Å²) < 4.78 is 1.74. The predicted octanol–water partition coefficient (Wildman–Crippen LogP) is 2.01. The number of halogens is 2. The third kappa shape index (κ3) is 3.28. The molecular weight excluding hydrogens is 263 g/mol. The molecule has 0 amide bonds. The number of nitrogens with zero attached hydrogens (tertiary/aromatic N) is 5. The molecule has 2 aromatic rings. The molecule has 0 aliphatic rings. The highest BCUT2D eigenvalue weighted by atomic mass is 35.5. The highest BCUT2D eigenvalue weighted by Crippen LogP contribution is 2.14. The van der Waals surface area contributed by atoms with Gasteiger partial charge in [-0.2, -0.15) is 0 Å². The van der Waals surface area contributed by atoms with Gasteiger partial charge in [0, 0.05) is 12.6 Å². The summed E-state index contributed by atoms with van der Waals surface area (Å²) in [5, 5.41) is 11.5. The van der Waals surface area contributed by atoms with Crippen LogP contribution in [0.15, 0.2) is 12.3 Å². The highest BCUT2D eigenvalue weighted by Gasteiger charge is 2.03. The maximum absolute atomic E-state index is 5.75. The molecule has 0 spiro atoms. The zero-order valence-electron chi connectivity index (χ0n) is 9.06. The molecule has 0 radical (unpaired) electrons. The van der Waals surface area contributed by atoms with Crippen molar-refractivity contribution >= 4 is 29.2 Å². The number of nitrogens with one attached hydrogen (secondary N) is 1. The fraction of sp³-hybridized carbons (Fsp3) is 0.333. The molecule has 0 saturated heterocycles. The van der Waals surface area contributed by atoms with Crippen LogP contribution in [0.1, 0.15) is 12.6 Å². The molecule has 0 aliphatic carbocycles. The minimum absolute atomic E-state index is 0.296. The van der Waals surface area contributed by atoms with Crippen LogP contribution in [0.5, 0.6) is 0 Å². The van der Waals surface area contributed by atoms with Gasteiger partial charge in [-0.3, -0.25) is 4.68 Å². The van der Waals surface area contributed by atoms with E-state index in [0.717, 1.165) is 12.2 Å². The van der Waals surface area contributed by atoms with E-state index in [1.165, 1.54) is 6.07 Å². The minimum Gasteiger partial charge on any atom is -0.348 e. The fourth-order valence-electron chi connectivity index (χ4n) is 1.21. The van der Waals surface area contributed by atoms with Gasteiger partial charge in [-0.1, -0.05) is 28.4 Å². The predicted molar refractivity (Wildman–Crippen MR) is 65.1 cm³/mol. The SMILES string of the molecule is CCn1cc(CNc2nc(Cl)cc(Cl)n2)nn1. The Morgan fingerprint density at radius 2 is 2.00 bits per heavy atom. The summed E-state index contributed by atoms with van der Waals surface area (Å²) in [6, 6.07) is 1.47. The first-order valence-corrected chi connectivity index (χ1v) is 5.76. The van der Waals surface area contributed by atoms with Gasteiger partial charge in [0.05, 0.1) is 12.7 Å². The third-order valence-electron chi connectivity index (χ3n) is 2.00. The molecule has 0 aromatic carbocycles. The lowest BCUT2D eigenvalue weighted by Crippen LogP contribution is -2.04. The summed E-state index contributed by atoms with van der Waals surface area (Å²) >= 11 is 11.5. The van der Waals surface area contributed by atoms with E-state index in [1.54, 1.807) is 4.68 Å². The maximum atomic E-state index is 5.75. The Labute approximate surface area is 108 Å². The van der Waals surface area contributed by atoms with Crippen LogP contribution < -0.4 is 5.32 Å². The van der Waals surface area contributed by atoms with E-state index in [1.807, 2.05) is 13.1 Å². The van der Waals surface area contributed by atoms with Crippen molar-refractivity contribution in [1.82, 2.24) is 25.0 Å². The van der Waals surface area contributed by atoms with Gasteiger partial charge in [0.25, 0.3) is 0 Å². The lowest BCUT2D eigenvalue weighted by atomic mass is 10.5. The zero-order valence-corrected chi connectivity index (χ0v) is 10.6. The summed E-state index contributed by atoms with van der Waals surface area (Å²) in [4.78, 5) is 7.96. The van der Waals surface area contributed by atoms with Gasteiger partial charge in [-0.05, 0) is 6.92 Å². The van der Waals surface area contributed by atoms with Gasteiger partial charge in [-0.25, -0.2) is 9.97 Å². The van der Waals surface area contributed by atoms with Crippen LogP contribution in [0.4, 0.5) is 5.95 Å². The highest BCUT2D eigenvalue weighted by molar-refractivity contribution is 6.33. The summed E-state index contributed by atoms with van der Waals surface area (Å²) in [7, 11) is 0. The van der Waals surface area contributed by atoms with Crippen LogP contribution in [0, 0.1) is 0 Å². The van der Waals surface area contributed by atoms with Gasteiger partial charge in [0.15, 0.2) is 0 Å². The molecule has 0 bridgehead atoms. The standard InChI is InChI=1S/C9H10Cl2N6/c1-2-17-5-6(15-16-17)4-12-9-13-7(10)3-8(11)14-9/h3,5H,2,4H2,1H3,(H,12,13,14). The smallest absolute Gasteiger partial charge is 0.225 e. The van der Waals surface area contributed by atoms with Gasteiger partial charge >= 0.3 is 0 Å². The van der Waals surface area contributed by atoms with Gasteiger partial charge in [-0.15, -0.1) is 5.10 Å². The summed E-state index contributed by atoms with van der Waals surface area (Å²) in [5.41, 5.74) is 0.798. The van der Waals surface area contributed by atoms with E-state index in [-0.39, 0.29) is 0 Å². The van der Waals surface area contributed by atoms with E-state index in [2.05, 4.69) is 25.6 Å². The minimum atomic E-state index is 0.296. The molecular formula is C9H10Cl2N6. The first-order chi connectivity index (χ1) is 8.17. The van der Waals surface area contributed by atoms with Crippen molar-refractivity contribution < 1.29 is 0 Å². The Bertz CT molecular complexity index is 492. The number of aryl methyl sites for hydroxylation is 1. The average Bonchev–Trinajstić information content (AvgIpc) is 2.73. The van der Waals surface area contributed by atoms with E-state index >= 15 is 0 Å². The fourth-order valence-corrected chi connectivity index (χ4v) is 1.64. The molecule has 0 saturated carbocycles. The molecule has 2 aromatic heterocycles. The van der Waals surface area contributed by atoms with Crippen molar-refractivity contribution in [3.8, 4) is 0 Å². The second-order valence-corrected chi connectivity index (χ2v) is 4.03. The Morgan fingerprint density at radius 1 is 1.29 bits per heavy atom. The molecule has 0 aliphatic heterocycles. The van der Waals surface area contributed by atoms with Crippen molar-refractivity contribution in [2.75, 3.05) is 5.32 Å². The van der Waals surface area contributed by atoms with Crippen LogP contribution in [-0.4, -0.2) is 25.0 Å². The zero-order chi connectivity index (χ0) is 12.3. The molecule has 17 heavy (non-hydrogen) atoms. The molecule has 8 heteroatoms. The van der Waals surface area contributed by atoms with Gasteiger partial charge in [0.1, 0.15) is 16.0 Å². The van der Waals surface area contributed by atoms with Crippen molar-refractivity contribution in [1.29, 1.82) is 0 Å². The number of aromatic nitrogens is 5. The average molecular weight is 273 g/mol. The Hall–Kier alpha value is -1.40. The molecule has 2 heterocycles. The second kappa shape index (κ2) is 5.29. The molecule has 2 rings (SSSR count). The number of anilines is 1. The number of rotatable bonds is 4. The van der Waals surface area contributed by atoms with Crippen molar-refractivity contribution in [3.63, 3.8) is 0 Å². The Balaban J connectivity index is 2.01. The normalized spacial score (nSPS) is 10.5. The lowest BCUT2D eigenvalue weighted by Gasteiger charge is -2.02. The van der Waals surface area contributed by atoms with Crippen LogP contribution in [0.2, 0.25) is 10.3 Å². The van der Waals surface area contributed by atoms with Gasteiger partial charge in [0.2, 0.25) is 5.95 Å². The number of hydrogen-bond donors (Lipinski definition) is 1. The molecule has 0 atom stereocenters. The Morgan fingerprint density at radius 3 is 2.59 bits per heavy atom.